The third kappa shape index (κ3) is 3.62. The number of hydrogen-bond donors (Lipinski definition) is 1. The zero-order chi connectivity index (χ0) is 16.3. The molecular weight excluding hydrogens is 361 g/mol. The van der Waals surface area contributed by atoms with E-state index in [4.69, 9.17) is 4.74 Å². The van der Waals surface area contributed by atoms with Crippen molar-refractivity contribution >= 4 is 21.8 Å². The summed E-state index contributed by atoms with van der Waals surface area (Å²) < 4.78 is 19.5. The first-order chi connectivity index (χ1) is 11.1. The van der Waals surface area contributed by atoms with Gasteiger partial charge >= 0.3 is 0 Å². The molecule has 0 saturated carbocycles. The molecule has 0 aromatic heterocycles. The van der Waals surface area contributed by atoms with Crippen LogP contribution < -0.4 is 5.32 Å². The molecule has 3 rings (SSSR count). The van der Waals surface area contributed by atoms with Crippen LogP contribution in [0.4, 0.5) is 4.39 Å². The summed E-state index contributed by atoms with van der Waals surface area (Å²) in [6, 6.07) is 13.5. The van der Waals surface area contributed by atoms with Crippen molar-refractivity contribution in [3.8, 4) is 0 Å². The van der Waals surface area contributed by atoms with Crippen molar-refractivity contribution in [3.05, 3.63) is 69.9 Å². The average Bonchev–Trinajstić information content (AvgIpc) is 2.56. The standard InChI is InChI=1S/C18H17BrFNO2/c19-15-3-1-2-14(12-15)18(8-10-23-11-9-18)21-17(22)13-4-6-16(20)7-5-13/h1-7,12H,8-11H2,(H,21,22). The van der Waals surface area contributed by atoms with Crippen LogP contribution in [0.25, 0.3) is 0 Å². The molecule has 0 radical (unpaired) electrons. The Kier molecular flexibility index (Phi) is 4.78. The summed E-state index contributed by atoms with van der Waals surface area (Å²) >= 11 is 3.49. The minimum absolute atomic E-state index is 0.202. The van der Waals surface area contributed by atoms with E-state index in [1.165, 1.54) is 24.3 Å². The van der Waals surface area contributed by atoms with Crippen LogP contribution in [-0.2, 0) is 10.3 Å². The molecule has 1 N–H and O–H groups in total. The molecule has 1 saturated heterocycles. The predicted octanol–water partition coefficient (Wildman–Crippen LogP) is 4.02. The fourth-order valence-corrected chi connectivity index (χ4v) is 3.28. The topological polar surface area (TPSA) is 38.3 Å². The van der Waals surface area contributed by atoms with Gasteiger partial charge in [0.25, 0.3) is 5.91 Å². The number of ether oxygens (including phenoxy) is 1. The molecule has 3 nitrogen and oxygen atoms in total. The Balaban J connectivity index is 1.90. The number of carbonyl (C=O) groups excluding carboxylic acids is 1. The van der Waals surface area contributed by atoms with Crippen molar-refractivity contribution < 1.29 is 13.9 Å². The lowest BCUT2D eigenvalue weighted by Gasteiger charge is -2.38. The molecule has 2 aromatic rings. The zero-order valence-electron chi connectivity index (χ0n) is 12.5. The van der Waals surface area contributed by atoms with Crippen molar-refractivity contribution in [1.82, 2.24) is 5.32 Å². The first kappa shape index (κ1) is 16.1. The molecule has 1 aliphatic rings. The van der Waals surface area contributed by atoms with Crippen molar-refractivity contribution in [2.45, 2.75) is 18.4 Å². The first-order valence-corrected chi connectivity index (χ1v) is 8.30. The Morgan fingerprint density at radius 1 is 1.13 bits per heavy atom. The van der Waals surface area contributed by atoms with Gasteiger partial charge in [-0.05, 0) is 54.8 Å². The van der Waals surface area contributed by atoms with Gasteiger partial charge in [-0.25, -0.2) is 4.39 Å². The Labute approximate surface area is 143 Å². The van der Waals surface area contributed by atoms with Crippen LogP contribution in [0.2, 0.25) is 0 Å². The molecule has 1 fully saturated rings. The molecule has 5 heteroatoms. The van der Waals surface area contributed by atoms with Gasteiger partial charge in [0.1, 0.15) is 5.82 Å². The highest BCUT2D eigenvalue weighted by atomic mass is 79.9. The average molecular weight is 378 g/mol. The van der Waals surface area contributed by atoms with Gasteiger partial charge in [0.2, 0.25) is 0 Å². The minimum atomic E-state index is -0.465. The third-order valence-electron chi connectivity index (χ3n) is 4.18. The molecule has 0 bridgehead atoms. The van der Waals surface area contributed by atoms with E-state index in [1.54, 1.807) is 0 Å². The first-order valence-electron chi connectivity index (χ1n) is 7.51. The summed E-state index contributed by atoms with van der Waals surface area (Å²) in [6.45, 7) is 1.19. The van der Waals surface area contributed by atoms with E-state index >= 15 is 0 Å². The molecule has 2 aromatic carbocycles. The highest BCUT2D eigenvalue weighted by Gasteiger charge is 2.36. The van der Waals surface area contributed by atoms with Gasteiger partial charge in [0, 0.05) is 23.2 Å². The van der Waals surface area contributed by atoms with E-state index in [2.05, 4.69) is 21.2 Å². The van der Waals surface area contributed by atoms with Gasteiger partial charge in [-0.1, -0.05) is 28.1 Å². The Morgan fingerprint density at radius 2 is 1.83 bits per heavy atom. The van der Waals surface area contributed by atoms with Gasteiger partial charge in [-0.15, -0.1) is 0 Å². The van der Waals surface area contributed by atoms with E-state index in [-0.39, 0.29) is 11.7 Å². The number of benzene rings is 2. The van der Waals surface area contributed by atoms with Crippen LogP contribution in [0.1, 0.15) is 28.8 Å². The van der Waals surface area contributed by atoms with Crippen LogP contribution in [0, 0.1) is 5.82 Å². The van der Waals surface area contributed by atoms with Crippen LogP contribution in [0.15, 0.2) is 53.0 Å². The molecule has 0 aliphatic carbocycles. The zero-order valence-corrected chi connectivity index (χ0v) is 14.1. The molecule has 120 valence electrons. The highest BCUT2D eigenvalue weighted by Crippen LogP contribution is 2.33. The SMILES string of the molecule is O=C(NC1(c2cccc(Br)c2)CCOCC1)c1ccc(F)cc1. The van der Waals surface area contributed by atoms with Crippen molar-refractivity contribution in [2.75, 3.05) is 13.2 Å². The van der Waals surface area contributed by atoms with Crippen molar-refractivity contribution in [1.29, 1.82) is 0 Å². The fourth-order valence-electron chi connectivity index (χ4n) is 2.88. The van der Waals surface area contributed by atoms with Gasteiger partial charge < -0.3 is 10.1 Å². The Hall–Kier alpha value is -1.72. The number of nitrogens with one attached hydrogen (secondary N) is 1. The highest BCUT2D eigenvalue weighted by molar-refractivity contribution is 9.10. The van der Waals surface area contributed by atoms with Crippen LogP contribution in [-0.4, -0.2) is 19.1 Å². The van der Waals surface area contributed by atoms with Crippen LogP contribution in [0.3, 0.4) is 0 Å². The second-order valence-electron chi connectivity index (χ2n) is 5.67. The molecule has 1 heterocycles. The monoisotopic (exact) mass is 377 g/mol. The van der Waals surface area contributed by atoms with Gasteiger partial charge in [-0.3, -0.25) is 4.79 Å². The summed E-state index contributed by atoms with van der Waals surface area (Å²) in [5.41, 5.74) is 1.03. The maximum absolute atomic E-state index is 13.0. The molecule has 0 spiro atoms. The van der Waals surface area contributed by atoms with Gasteiger partial charge in [0.15, 0.2) is 0 Å². The Morgan fingerprint density at radius 3 is 2.48 bits per heavy atom. The van der Waals surface area contributed by atoms with Crippen LogP contribution >= 0.6 is 15.9 Å². The smallest absolute Gasteiger partial charge is 0.251 e. The van der Waals surface area contributed by atoms with Crippen molar-refractivity contribution in [3.63, 3.8) is 0 Å². The number of rotatable bonds is 3. The maximum Gasteiger partial charge on any atom is 0.251 e. The quantitative estimate of drug-likeness (QED) is 0.876. The van der Waals surface area contributed by atoms with Crippen molar-refractivity contribution in [2.24, 2.45) is 0 Å². The largest absolute Gasteiger partial charge is 0.381 e. The molecule has 0 atom stereocenters. The summed E-state index contributed by atoms with van der Waals surface area (Å²) in [5.74, 6) is -0.554. The fraction of sp³-hybridized carbons (Fsp3) is 0.278. The maximum atomic E-state index is 13.0. The lowest BCUT2D eigenvalue weighted by Crippen LogP contribution is -2.49. The van der Waals surface area contributed by atoms with E-state index in [0.29, 0.717) is 31.6 Å². The Bertz CT molecular complexity index is 696. The lowest BCUT2D eigenvalue weighted by atomic mass is 9.82. The molecular formula is C18H17BrFNO2. The second-order valence-corrected chi connectivity index (χ2v) is 6.58. The number of carbonyl (C=O) groups is 1. The van der Waals surface area contributed by atoms with E-state index in [1.807, 2.05) is 24.3 Å². The third-order valence-corrected chi connectivity index (χ3v) is 4.68. The number of halogens is 2. The summed E-state index contributed by atoms with van der Waals surface area (Å²) in [5, 5.41) is 3.15. The second kappa shape index (κ2) is 6.81. The summed E-state index contributed by atoms with van der Waals surface area (Å²) in [7, 11) is 0. The minimum Gasteiger partial charge on any atom is -0.381 e. The normalized spacial score (nSPS) is 16.8. The van der Waals surface area contributed by atoms with Crippen LogP contribution in [0.5, 0.6) is 0 Å². The molecule has 1 amide bonds. The number of amides is 1. The van der Waals surface area contributed by atoms with E-state index < -0.39 is 5.54 Å². The predicted molar refractivity (Wildman–Crippen MR) is 89.7 cm³/mol. The lowest BCUT2D eigenvalue weighted by molar-refractivity contribution is 0.0345. The molecule has 1 aliphatic heterocycles. The summed E-state index contributed by atoms with van der Waals surface area (Å²) in [6.07, 6.45) is 1.41. The van der Waals surface area contributed by atoms with E-state index in [0.717, 1.165) is 10.0 Å². The number of hydrogen-bond acceptors (Lipinski definition) is 2. The van der Waals surface area contributed by atoms with E-state index in [9.17, 15) is 9.18 Å². The molecule has 0 unspecified atom stereocenters. The molecule has 23 heavy (non-hydrogen) atoms. The van der Waals surface area contributed by atoms with Gasteiger partial charge in [0.05, 0.1) is 5.54 Å². The summed E-state index contributed by atoms with van der Waals surface area (Å²) in [4.78, 5) is 12.6. The van der Waals surface area contributed by atoms with Gasteiger partial charge in [-0.2, -0.15) is 0 Å².